The molecule has 0 N–H and O–H groups in total. The van der Waals surface area contributed by atoms with Crippen LogP contribution in [-0.4, -0.2) is 55.7 Å². The zero-order chi connectivity index (χ0) is 15.2. The Balaban J connectivity index is 1.82. The van der Waals surface area contributed by atoms with Crippen molar-refractivity contribution in [3.8, 4) is 0 Å². The van der Waals surface area contributed by atoms with Crippen LogP contribution in [0, 0.1) is 0 Å². The van der Waals surface area contributed by atoms with Gasteiger partial charge in [-0.2, -0.15) is 0 Å². The lowest BCUT2D eigenvalue weighted by Gasteiger charge is -2.25. The molecule has 5 nitrogen and oxygen atoms in total. The fourth-order valence-electron chi connectivity index (χ4n) is 2.65. The predicted octanol–water partition coefficient (Wildman–Crippen LogP) is 2.17. The van der Waals surface area contributed by atoms with Crippen molar-refractivity contribution in [2.45, 2.75) is 38.6 Å². The molecule has 1 aliphatic rings. The molecular weight excluding hydrogens is 286 g/mol. The molecule has 2 rings (SSSR count). The number of nitrogens with zero attached hydrogens (tertiary/aromatic N) is 3. The van der Waals surface area contributed by atoms with Gasteiger partial charge >= 0.3 is 5.97 Å². The smallest absolute Gasteiger partial charge is 0.306 e. The third-order valence-corrected chi connectivity index (χ3v) is 4.92. The molecule has 1 atom stereocenters. The van der Waals surface area contributed by atoms with E-state index in [1.54, 1.807) is 11.3 Å². The Kier molecular flexibility index (Phi) is 5.99. The van der Waals surface area contributed by atoms with Crippen LogP contribution in [0.4, 0.5) is 5.13 Å². The second-order valence-electron chi connectivity index (χ2n) is 5.58. The maximum Gasteiger partial charge on any atom is 0.306 e. The summed E-state index contributed by atoms with van der Waals surface area (Å²) in [5.41, 5.74) is 0.981. The third kappa shape index (κ3) is 4.68. The topological polar surface area (TPSA) is 45.7 Å². The SMILES string of the molecule is CCOC(=O)CCc1csc(N(C)CC2CCCN2C)n1. The van der Waals surface area contributed by atoms with Gasteiger partial charge in [-0.05, 0) is 33.4 Å². The lowest BCUT2D eigenvalue weighted by molar-refractivity contribution is -0.143. The molecule has 1 aliphatic heterocycles. The molecule has 6 heteroatoms. The van der Waals surface area contributed by atoms with Gasteiger partial charge in [0.25, 0.3) is 0 Å². The normalized spacial score (nSPS) is 18.9. The van der Waals surface area contributed by atoms with Gasteiger partial charge in [0.05, 0.1) is 18.7 Å². The van der Waals surface area contributed by atoms with Crippen LogP contribution in [0.2, 0.25) is 0 Å². The zero-order valence-corrected chi connectivity index (χ0v) is 14.0. The van der Waals surface area contributed by atoms with Crippen molar-refractivity contribution in [2.75, 3.05) is 38.7 Å². The molecule has 21 heavy (non-hydrogen) atoms. The first kappa shape index (κ1) is 16.2. The Morgan fingerprint density at radius 3 is 3.10 bits per heavy atom. The molecule has 0 saturated carbocycles. The second-order valence-corrected chi connectivity index (χ2v) is 6.42. The Morgan fingerprint density at radius 1 is 1.62 bits per heavy atom. The van der Waals surface area contributed by atoms with Crippen molar-refractivity contribution in [1.82, 2.24) is 9.88 Å². The first-order valence-electron chi connectivity index (χ1n) is 7.61. The molecular formula is C15H25N3O2S. The summed E-state index contributed by atoms with van der Waals surface area (Å²) >= 11 is 1.65. The number of carbonyl (C=O) groups excluding carboxylic acids is 1. The van der Waals surface area contributed by atoms with E-state index in [1.165, 1.54) is 19.4 Å². The van der Waals surface area contributed by atoms with Crippen molar-refractivity contribution in [2.24, 2.45) is 0 Å². The van der Waals surface area contributed by atoms with Gasteiger partial charge in [0, 0.05) is 31.4 Å². The van der Waals surface area contributed by atoms with Gasteiger partial charge in [-0.1, -0.05) is 0 Å². The van der Waals surface area contributed by atoms with Crippen LogP contribution in [0.5, 0.6) is 0 Å². The Hall–Kier alpha value is -1.14. The van der Waals surface area contributed by atoms with Crippen molar-refractivity contribution in [3.05, 3.63) is 11.1 Å². The van der Waals surface area contributed by atoms with Gasteiger partial charge in [0.2, 0.25) is 0 Å². The first-order valence-corrected chi connectivity index (χ1v) is 8.49. The summed E-state index contributed by atoms with van der Waals surface area (Å²) in [5, 5.41) is 3.08. The predicted molar refractivity (Wildman–Crippen MR) is 86.0 cm³/mol. The van der Waals surface area contributed by atoms with Crippen LogP contribution in [0.15, 0.2) is 5.38 Å². The van der Waals surface area contributed by atoms with E-state index in [4.69, 9.17) is 4.74 Å². The number of aryl methyl sites for hydroxylation is 1. The number of thiazole rings is 1. The van der Waals surface area contributed by atoms with Gasteiger partial charge in [-0.15, -0.1) is 11.3 Å². The summed E-state index contributed by atoms with van der Waals surface area (Å²) in [6.07, 6.45) is 3.62. The van der Waals surface area contributed by atoms with Gasteiger partial charge in [-0.25, -0.2) is 4.98 Å². The molecule has 1 fully saturated rings. The Bertz CT molecular complexity index is 464. The van der Waals surface area contributed by atoms with Crippen molar-refractivity contribution in [1.29, 1.82) is 0 Å². The number of anilines is 1. The Morgan fingerprint density at radius 2 is 2.43 bits per heavy atom. The quantitative estimate of drug-likeness (QED) is 0.722. The average molecular weight is 311 g/mol. The molecule has 2 heterocycles. The van der Waals surface area contributed by atoms with Gasteiger partial charge < -0.3 is 14.5 Å². The lowest BCUT2D eigenvalue weighted by Crippen LogP contribution is -2.36. The number of likely N-dealkylation sites (N-methyl/N-ethyl adjacent to an activating group) is 2. The molecule has 0 aromatic carbocycles. The van der Waals surface area contributed by atoms with E-state index in [1.807, 2.05) is 12.3 Å². The van der Waals surface area contributed by atoms with Crippen molar-refractivity contribution < 1.29 is 9.53 Å². The number of hydrogen-bond acceptors (Lipinski definition) is 6. The van der Waals surface area contributed by atoms with E-state index in [9.17, 15) is 4.79 Å². The monoisotopic (exact) mass is 311 g/mol. The minimum Gasteiger partial charge on any atom is -0.466 e. The molecule has 0 bridgehead atoms. The van der Waals surface area contributed by atoms with Crippen LogP contribution in [0.3, 0.4) is 0 Å². The maximum absolute atomic E-state index is 11.4. The molecule has 0 spiro atoms. The summed E-state index contributed by atoms with van der Waals surface area (Å²) in [6.45, 7) is 4.48. The number of aromatic nitrogens is 1. The first-order chi connectivity index (χ1) is 10.1. The van der Waals surface area contributed by atoms with E-state index >= 15 is 0 Å². The second kappa shape index (κ2) is 7.75. The Labute approximate surface area is 130 Å². The van der Waals surface area contributed by atoms with E-state index in [-0.39, 0.29) is 5.97 Å². The maximum atomic E-state index is 11.4. The van der Waals surface area contributed by atoms with Crippen molar-refractivity contribution >= 4 is 22.4 Å². The molecule has 0 aliphatic carbocycles. The van der Waals surface area contributed by atoms with E-state index in [0.29, 0.717) is 25.5 Å². The molecule has 1 unspecified atom stereocenters. The highest BCUT2D eigenvalue weighted by atomic mass is 32.1. The van der Waals surface area contributed by atoms with Gasteiger partial charge in [0.1, 0.15) is 0 Å². The molecule has 0 amide bonds. The molecule has 0 radical (unpaired) electrons. The summed E-state index contributed by atoms with van der Waals surface area (Å²) in [7, 11) is 4.29. The minimum absolute atomic E-state index is 0.145. The number of carbonyl (C=O) groups is 1. The van der Waals surface area contributed by atoms with Crippen LogP contribution < -0.4 is 4.90 Å². The van der Waals surface area contributed by atoms with Gasteiger partial charge in [-0.3, -0.25) is 4.79 Å². The highest BCUT2D eigenvalue weighted by molar-refractivity contribution is 7.13. The van der Waals surface area contributed by atoms with Crippen molar-refractivity contribution in [3.63, 3.8) is 0 Å². The average Bonchev–Trinajstić information content (AvgIpc) is 3.07. The number of likely N-dealkylation sites (tertiary alicyclic amines) is 1. The van der Waals surface area contributed by atoms with Gasteiger partial charge in [0.15, 0.2) is 5.13 Å². The minimum atomic E-state index is -0.145. The standard InChI is InChI=1S/C15H25N3O2S/c1-4-20-14(19)8-7-12-11-21-15(16-12)18(3)10-13-6-5-9-17(13)2/h11,13H,4-10H2,1-3H3. The number of hydrogen-bond donors (Lipinski definition) is 0. The summed E-state index contributed by atoms with van der Waals surface area (Å²) in [4.78, 5) is 20.6. The number of ether oxygens (including phenoxy) is 1. The van der Waals surface area contributed by atoms with E-state index in [2.05, 4.69) is 28.9 Å². The third-order valence-electron chi connectivity index (χ3n) is 3.91. The molecule has 1 aromatic heterocycles. The molecule has 1 saturated heterocycles. The summed E-state index contributed by atoms with van der Waals surface area (Å²) in [6, 6.07) is 0.627. The highest BCUT2D eigenvalue weighted by Crippen LogP contribution is 2.23. The van der Waals surface area contributed by atoms with E-state index < -0.39 is 0 Å². The zero-order valence-electron chi connectivity index (χ0n) is 13.2. The lowest BCUT2D eigenvalue weighted by atomic mass is 10.2. The summed E-state index contributed by atoms with van der Waals surface area (Å²) in [5.74, 6) is -0.145. The highest BCUT2D eigenvalue weighted by Gasteiger charge is 2.23. The number of rotatable bonds is 7. The van der Waals surface area contributed by atoms with E-state index in [0.717, 1.165) is 17.4 Å². The van der Waals surface area contributed by atoms with Crippen LogP contribution in [-0.2, 0) is 16.0 Å². The van der Waals surface area contributed by atoms with Crippen LogP contribution >= 0.6 is 11.3 Å². The fourth-order valence-corrected chi connectivity index (χ4v) is 3.49. The fraction of sp³-hybridized carbons (Fsp3) is 0.733. The largest absolute Gasteiger partial charge is 0.466 e. The van der Waals surface area contributed by atoms with Crippen LogP contribution in [0.25, 0.3) is 0 Å². The molecule has 118 valence electrons. The van der Waals surface area contributed by atoms with Crippen LogP contribution in [0.1, 0.15) is 31.9 Å². The number of esters is 1. The summed E-state index contributed by atoms with van der Waals surface area (Å²) < 4.78 is 4.94. The molecule has 1 aromatic rings.